The first-order valence-electron chi connectivity index (χ1n) is 6.67. The number of rotatable bonds is 2. The molecule has 0 saturated carbocycles. The third-order valence-corrected chi connectivity index (χ3v) is 4.88. The Morgan fingerprint density at radius 1 is 1.05 bits per heavy atom. The first-order valence-corrected chi connectivity index (χ1v) is 8.56. The smallest absolute Gasteiger partial charge is 0.175 e. The molecular formula is C16H17NO2S. The third-order valence-electron chi connectivity index (χ3n) is 3.75. The molecule has 2 aromatic rings. The molecule has 3 nitrogen and oxygen atoms in total. The second-order valence-electron chi connectivity index (χ2n) is 5.18. The van der Waals surface area contributed by atoms with Gasteiger partial charge in [-0.1, -0.05) is 36.4 Å². The predicted molar refractivity (Wildman–Crippen MR) is 79.5 cm³/mol. The van der Waals surface area contributed by atoms with Crippen molar-refractivity contribution in [2.45, 2.75) is 17.4 Å². The van der Waals surface area contributed by atoms with Crippen LogP contribution in [-0.4, -0.2) is 21.2 Å². The van der Waals surface area contributed by atoms with E-state index in [9.17, 15) is 8.42 Å². The summed E-state index contributed by atoms with van der Waals surface area (Å²) in [5.41, 5.74) is 3.75. The molecular weight excluding hydrogens is 270 g/mol. The molecule has 2 aromatic carbocycles. The van der Waals surface area contributed by atoms with Crippen LogP contribution >= 0.6 is 0 Å². The van der Waals surface area contributed by atoms with Crippen molar-refractivity contribution in [2.24, 2.45) is 0 Å². The predicted octanol–water partition coefficient (Wildman–Crippen LogP) is 2.33. The zero-order valence-electron chi connectivity index (χ0n) is 11.3. The normalized spacial score (nSPS) is 18.6. The molecule has 0 spiro atoms. The number of sulfone groups is 1. The minimum Gasteiger partial charge on any atom is -0.306 e. The van der Waals surface area contributed by atoms with E-state index in [1.807, 2.05) is 18.2 Å². The molecule has 0 aromatic heterocycles. The quantitative estimate of drug-likeness (QED) is 0.922. The highest BCUT2D eigenvalue weighted by Gasteiger charge is 2.20. The Labute approximate surface area is 119 Å². The molecule has 3 rings (SSSR count). The van der Waals surface area contributed by atoms with Crippen molar-refractivity contribution in [3.8, 4) is 0 Å². The SMILES string of the molecule is CS(=O)(=O)c1ccc(C2NCCc3ccccc32)cc1. The van der Waals surface area contributed by atoms with Crippen LogP contribution in [0.5, 0.6) is 0 Å². The minimum atomic E-state index is -3.13. The van der Waals surface area contributed by atoms with Crippen molar-refractivity contribution < 1.29 is 8.42 Å². The van der Waals surface area contributed by atoms with Crippen LogP contribution in [0.3, 0.4) is 0 Å². The fourth-order valence-electron chi connectivity index (χ4n) is 2.71. The fourth-order valence-corrected chi connectivity index (χ4v) is 3.34. The summed E-state index contributed by atoms with van der Waals surface area (Å²) in [7, 11) is -3.13. The van der Waals surface area contributed by atoms with Crippen LogP contribution in [0.4, 0.5) is 0 Å². The van der Waals surface area contributed by atoms with Crippen LogP contribution in [0, 0.1) is 0 Å². The van der Waals surface area contributed by atoms with Gasteiger partial charge in [-0.25, -0.2) is 8.42 Å². The minimum absolute atomic E-state index is 0.147. The van der Waals surface area contributed by atoms with Gasteiger partial charge in [0.1, 0.15) is 0 Å². The summed E-state index contributed by atoms with van der Waals surface area (Å²) in [6, 6.07) is 15.7. The zero-order chi connectivity index (χ0) is 14.2. The maximum atomic E-state index is 11.5. The molecule has 104 valence electrons. The van der Waals surface area contributed by atoms with Gasteiger partial charge in [0.2, 0.25) is 0 Å². The van der Waals surface area contributed by atoms with Gasteiger partial charge in [0.15, 0.2) is 9.84 Å². The van der Waals surface area contributed by atoms with Gasteiger partial charge < -0.3 is 5.32 Å². The Morgan fingerprint density at radius 2 is 1.75 bits per heavy atom. The summed E-state index contributed by atoms with van der Waals surface area (Å²) >= 11 is 0. The third kappa shape index (κ3) is 2.49. The van der Waals surface area contributed by atoms with E-state index in [1.54, 1.807) is 12.1 Å². The lowest BCUT2D eigenvalue weighted by molar-refractivity contribution is 0.567. The Kier molecular flexibility index (Phi) is 3.36. The standard InChI is InChI=1S/C16H17NO2S/c1-20(18,19)14-8-6-13(7-9-14)16-15-5-3-2-4-12(15)10-11-17-16/h2-9,16-17H,10-11H2,1H3. The summed E-state index contributed by atoms with van der Waals surface area (Å²) in [4.78, 5) is 0.366. The van der Waals surface area contributed by atoms with Gasteiger partial charge in [0, 0.05) is 12.8 Å². The fraction of sp³-hybridized carbons (Fsp3) is 0.250. The monoisotopic (exact) mass is 287 g/mol. The second kappa shape index (κ2) is 5.04. The van der Waals surface area contributed by atoms with Crippen molar-refractivity contribution in [1.82, 2.24) is 5.32 Å². The lowest BCUT2D eigenvalue weighted by Gasteiger charge is -2.27. The van der Waals surface area contributed by atoms with Gasteiger partial charge in [0.05, 0.1) is 10.9 Å². The highest BCUT2D eigenvalue weighted by atomic mass is 32.2. The first-order chi connectivity index (χ1) is 9.55. The van der Waals surface area contributed by atoms with E-state index in [4.69, 9.17) is 0 Å². The summed E-state index contributed by atoms with van der Waals surface area (Å²) in [5, 5.41) is 3.50. The molecule has 1 atom stereocenters. The maximum Gasteiger partial charge on any atom is 0.175 e. The lowest BCUT2D eigenvalue weighted by atomic mass is 9.90. The number of hydrogen-bond acceptors (Lipinski definition) is 3. The molecule has 1 aliphatic rings. The average molecular weight is 287 g/mol. The molecule has 0 amide bonds. The van der Waals surface area contributed by atoms with Gasteiger partial charge in [-0.05, 0) is 35.2 Å². The van der Waals surface area contributed by atoms with Crippen molar-refractivity contribution in [3.63, 3.8) is 0 Å². The largest absolute Gasteiger partial charge is 0.306 e. The van der Waals surface area contributed by atoms with E-state index in [0.717, 1.165) is 18.5 Å². The first kappa shape index (κ1) is 13.3. The van der Waals surface area contributed by atoms with E-state index in [1.165, 1.54) is 17.4 Å². The Morgan fingerprint density at radius 3 is 2.45 bits per heavy atom. The number of benzene rings is 2. The van der Waals surface area contributed by atoms with E-state index in [2.05, 4.69) is 23.5 Å². The number of nitrogens with one attached hydrogen (secondary N) is 1. The molecule has 1 heterocycles. The maximum absolute atomic E-state index is 11.5. The Balaban J connectivity index is 1.99. The summed E-state index contributed by atoms with van der Waals surface area (Å²) < 4.78 is 23.0. The van der Waals surface area contributed by atoms with E-state index >= 15 is 0 Å². The van der Waals surface area contributed by atoms with E-state index < -0.39 is 9.84 Å². The van der Waals surface area contributed by atoms with Crippen LogP contribution in [0.1, 0.15) is 22.7 Å². The van der Waals surface area contributed by atoms with Crippen LogP contribution in [0.2, 0.25) is 0 Å². The second-order valence-corrected chi connectivity index (χ2v) is 7.19. The van der Waals surface area contributed by atoms with Crippen LogP contribution in [-0.2, 0) is 16.3 Å². The molecule has 0 fully saturated rings. The van der Waals surface area contributed by atoms with Gasteiger partial charge in [0.25, 0.3) is 0 Å². The summed E-state index contributed by atoms with van der Waals surface area (Å²) in [6.45, 7) is 0.940. The summed E-state index contributed by atoms with van der Waals surface area (Å²) in [5.74, 6) is 0. The van der Waals surface area contributed by atoms with Crippen molar-refractivity contribution >= 4 is 9.84 Å². The van der Waals surface area contributed by atoms with Gasteiger partial charge >= 0.3 is 0 Å². The molecule has 4 heteroatoms. The van der Waals surface area contributed by atoms with E-state index in [-0.39, 0.29) is 6.04 Å². The molecule has 0 radical (unpaired) electrons. The molecule has 1 unspecified atom stereocenters. The Hall–Kier alpha value is -1.65. The van der Waals surface area contributed by atoms with Crippen LogP contribution in [0.15, 0.2) is 53.4 Å². The molecule has 0 bridgehead atoms. The van der Waals surface area contributed by atoms with Crippen molar-refractivity contribution in [3.05, 3.63) is 65.2 Å². The van der Waals surface area contributed by atoms with Crippen LogP contribution in [0.25, 0.3) is 0 Å². The number of hydrogen-bond donors (Lipinski definition) is 1. The Bertz CT molecular complexity index is 720. The molecule has 1 aliphatic heterocycles. The zero-order valence-corrected chi connectivity index (χ0v) is 12.2. The van der Waals surface area contributed by atoms with Gasteiger partial charge in [-0.3, -0.25) is 0 Å². The molecule has 0 saturated heterocycles. The van der Waals surface area contributed by atoms with Crippen LogP contribution < -0.4 is 5.32 Å². The number of fused-ring (bicyclic) bond motifs is 1. The van der Waals surface area contributed by atoms with Crippen molar-refractivity contribution in [1.29, 1.82) is 0 Å². The molecule has 20 heavy (non-hydrogen) atoms. The van der Waals surface area contributed by atoms with Crippen molar-refractivity contribution in [2.75, 3.05) is 12.8 Å². The van der Waals surface area contributed by atoms with Gasteiger partial charge in [-0.2, -0.15) is 0 Å². The molecule has 0 aliphatic carbocycles. The molecule has 1 N–H and O–H groups in total. The van der Waals surface area contributed by atoms with E-state index in [0.29, 0.717) is 4.90 Å². The summed E-state index contributed by atoms with van der Waals surface area (Å²) in [6.07, 6.45) is 2.27. The highest BCUT2D eigenvalue weighted by Crippen LogP contribution is 2.29. The average Bonchev–Trinajstić information content (AvgIpc) is 2.46. The van der Waals surface area contributed by atoms with Gasteiger partial charge in [-0.15, -0.1) is 0 Å². The highest BCUT2D eigenvalue weighted by molar-refractivity contribution is 7.90. The topological polar surface area (TPSA) is 46.2 Å². The lowest BCUT2D eigenvalue weighted by Crippen LogP contribution is -2.30.